The molecule has 23 heavy (non-hydrogen) atoms. The van der Waals surface area contributed by atoms with Gasteiger partial charge in [0.2, 0.25) is 5.91 Å². The van der Waals surface area contributed by atoms with Crippen LogP contribution in [0.4, 0.5) is 0 Å². The first kappa shape index (κ1) is 16.9. The lowest BCUT2D eigenvalue weighted by Crippen LogP contribution is -2.37. The van der Waals surface area contributed by atoms with Crippen LogP contribution in [-0.4, -0.2) is 66.4 Å². The molecule has 0 atom stereocenters. The van der Waals surface area contributed by atoms with Gasteiger partial charge in [0.05, 0.1) is 19.6 Å². The predicted molar refractivity (Wildman–Crippen MR) is 81.0 cm³/mol. The van der Waals surface area contributed by atoms with Gasteiger partial charge in [-0.15, -0.1) is 0 Å². The Morgan fingerprint density at radius 2 is 1.78 bits per heavy atom. The van der Waals surface area contributed by atoms with Gasteiger partial charge >= 0.3 is 5.69 Å². The number of imidazole rings is 1. The fraction of sp³-hybridized carbons (Fsp3) is 0.538. The Morgan fingerprint density at radius 1 is 1.17 bits per heavy atom. The molecular formula is C13H19N5O5. The van der Waals surface area contributed by atoms with Crippen LogP contribution in [0.3, 0.4) is 0 Å². The SMILES string of the molecule is Cn1c(=O)c2[nH]c(CC(=O)N(CCO)CCO)nc2n(C)c1=O. The summed E-state index contributed by atoms with van der Waals surface area (Å²) in [5.41, 5.74) is -0.698. The van der Waals surface area contributed by atoms with Crippen molar-refractivity contribution in [2.45, 2.75) is 6.42 Å². The standard InChI is InChI=1S/C13H19N5O5/c1-16-11-10(12(22)17(2)13(16)23)14-8(15-11)7-9(21)18(3-5-19)4-6-20/h19-20H,3-7H2,1-2H3,(H,14,15). The molecule has 0 saturated carbocycles. The van der Waals surface area contributed by atoms with Gasteiger partial charge in [0.15, 0.2) is 5.65 Å². The molecule has 0 aliphatic rings. The van der Waals surface area contributed by atoms with Crippen molar-refractivity contribution < 1.29 is 15.0 Å². The number of amides is 1. The highest BCUT2D eigenvalue weighted by Gasteiger charge is 2.18. The highest BCUT2D eigenvalue weighted by Crippen LogP contribution is 2.06. The summed E-state index contributed by atoms with van der Waals surface area (Å²) in [6, 6.07) is 0. The average Bonchev–Trinajstić information content (AvgIpc) is 2.94. The third-order valence-corrected chi connectivity index (χ3v) is 3.56. The lowest BCUT2D eigenvalue weighted by Gasteiger charge is -2.19. The molecule has 1 amide bonds. The van der Waals surface area contributed by atoms with E-state index in [9.17, 15) is 14.4 Å². The quantitative estimate of drug-likeness (QED) is 0.530. The number of hydrogen-bond acceptors (Lipinski definition) is 6. The Bertz CT molecular complexity index is 828. The van der Waals surface area contributed by atoms with Crippen LogP contribution < -0.4 is 11.2 Å². The smallest absolute Gasteiger partial charge is 0.332 e. The summed E-state index contributed by atoms with van der Waals surface area (Å²) in [6.45, 7) is -0.248. The summed E-state index contributed by atoms with van der Waals surface area (Å²) in [7, 11) is 2.85. The van der Waals surface area contributed by atoms with Gasteiger partial charge in [0.25, 0.3) is 5.56 Å². The lowest BCUT2D eigenvalue weighted by molar-refractivity contribution is -0.131. The maximum absolute atomic E-state index is 12.2. The summed E-state index contributed by atoms with van der Waals surface area (Å²) >= 11 is 0. The maximum atomic E-state index is 12.2. The van der Waals surface area contributed by atoms with Crippen molar-refractivity contribution in [3.63, 3.8) is 0 Å². The monoisotopic (exact) mass is 325 g/mol. The number of aromatic amines is 1. The molecule has 2 aromatic rings. The predicted octanol–water partition coefficient (Wildman–Crippen LogP) is -2.68. The molecular weight excluding hydrogens is 306 g/mol. The van der Waals surface area contributed by atoms with Gasteiger partial charge in [0.1, 0.15) is 11.3 Å². The van der Waals surface area contributed by atoms with E-state index in [1.165, 1.54) is 23.6 Å². The van der Waals surface area contributed by atoms with Gasteiger partial charge in [-0.3, -0.25) is 18.7 Å². The minimum absolute atomic E-state index is 0.0971. The van der Waals surface area contributed by atoms with Crippen LogP contribution >= 0.6 is 0 Å². The Balaban J connectivity index is 2.37. The minimum Gasteiger partial charge on any atom is -0.395 e. The van der Waals surface area contributed by atoms with E-state index in [4.69, 9.17) is 10.2 Å². The maximum Gasteiger partial charge on any atom is 0.332 e. The van der Waals surface area contributed by atoms with E-state index in [0.29, 0.717) is 0 Å². The van der Waals surface area contributed by atoms with Crippen molar-refractivity contribution in [2.75, 3.05) is 26.3 Å². The molecule has 2 rings (SSSR count). The molecule has 0 radical (unpaired) electrons. The number of carbonyl (C=O) groups excluding carboxylic acids is 1. The van der Waals surface area contributed by atoms with Crippen molar-refractivity contribution in [3.05, 3.63) is 26.7 Å². The highest BCUT2D eigenvalue weighted by atomic mass is 16.3. The molecule has 0 aliphatic carbocycles. The van der Waals surface area contributed by atoms with Gasteiger partial charge in [0, 0.05) is 27.2 Å². The molecule has 0 aromatic carbocycles. The Hall–Kier alpha value is -2.46. The number of rotatable bonds is 6. The molecule has 0 spiro atoms. The minimum atomic E-state index is -0.517. The normalized spacial score (nSPS) is 11.1. The molecule has 0 fully saturated rings. The van der Waals surface area contributed by atoms with Gasteiger partial charge < -0.3 is 20.1 Å². The van der Waals surface area contributed by atoms with Crippen LogP contribution in [0.2, 0.25) is 0 Å². The van der Waals surface area contributed by atoms with Gasteiger partial charge in [-0.05, 0) is 0 Å². The van der Waals surface area contributed by atoms with Crippen molar-refractivity contribution in [2.24, 2.45) is 14.1 Å². The van der Waals surface area contributed by atoms with E-state index >= 15 is 0 Å². The van der Waals surface area contributed by atoms with Crippen LogP contribution in [-0.2, 0) is 25.3 Å². The molecule has 10 heteroatoms. The highest BCUT2D eigenvalue weighted by molar-refractivity contribution is 5.79. The van der Waals surface area contributed by atoms with Crippen molar-refractivity contribution in [3.8, 4) is 0 Å². The zero-order valence-electron chi connectivity index (χ0n) is 12.9. The second kappa shape index (κ2) is 6.75. The molecule has 0 saturated heterocycles. The van der Waals surface area contributed by atoms with E-state index in [2.05, 4.69) is 9.97 Å². The number of hydrogen-bond donors (Lipinski definition) is 3. The number of aliphatic hydroxyl groups is 2. The van der Waals surface area contributed by atoms with Crippen LogP contribution in [0.15, 0.2) is 9.59 Å². The molecule has 2 aromatic heterocycles. The van der Waals surface area contributed by atoms with E-state index < -0.39 is 11.2 Å². The first-order chi connectivity index (χ1) is 10.9. The van der Waals surface area contributed by atoms with Crippen molar-refractivity contribution in [1.29, 1.82) is 0 Å². The summed E-state index contributed by atoms with van der Waals surface area (Å²) < 4.78 is 2.18. The molecule has 2 heterocycles. The zero-order valence-corrected chi connectivity index (χ0v) is 12.9. The van der Waals surface area contributed by atoms with Crippen LogP contribution in [0.25, 0.3) is 11.2 Å². The number of H-pyrrole nitrogens is 1. The van der Waals surface area contributed by atoms with Crippen LogP contribution in [0.5, 0.6) is 0 Å². The molecule has 10 nitrogen and oxygen atoms in total. The number of aliphatic hydroxyl groups excluding tert-OH is 2. The number of nitrogens with one attached hydrogen (secondary N) is 1. The molecule has 3 N–H and O–H groups in total. The number of aromatic nitrogens is 4. The topological polar surface area (TPSA) is 133 Å². The summed E-state index contributed by atoms with van der Waals surface area (Å²) in [6.07, 6.45) is -0.133. The average molecular weight is 325 g/mol. The number of nitrogens with zero attached hydrogens (tertiary/aromatic N) is 4. The lowest BCUT2D eigenvalue weighted by atomic mass is 10.3. The van der Waals surface area contributed by atoms with E-state index in [1.54, 1.807) is 0 Å². The number of carbonyl (C=O) groups is 1. The van der Waals surface area contributed by atoms with Gasteiger partial charge in [-0.25, -0.2) is 9.78 Å². The largest absolute Gasteiger partial charge is 0.395 e. The van der Waals surface area contributed by atoms with E-state index in [1.807, 2.05) is 0 Å². The van der Waals surface area contributed by atoms with Crippen LogP contribution in [0.1, 0.15) is 5.82 Å². The third kappa shape index (κ3) is 3.17. The molecule has 0 aliphatic heterocycles. The number of fused-ring (bicyclic) bond motifs is 1. The van der Waals surface area contributed by atoms with E-state index in [-0.39, 0.29) is 55.6 Å². The van der Waals surface area contributed by atoms with Gasteiger partial charge in [-0.1, -0.05) is 0 Å². The van der Waals surface area contributed by atoms with Crippen LogP contribution in [0, 0.1) is 0 Å². The second-order valence-electron chi connectivity index (χ2n) is 5.09. The fourth-order valence-corrected chi connectivity index (χ4v) is 2.32. The Morgan fingerprint density at radius 3 is 2.35 bits per heavy atom. The van der Waals surface area contributed by atoms with Crippen molar-refractivity contribution in [1.82, 2.24) is 24.0 Å². The first-order valence-corrected chi connectivity index (χ1v) is 7.04. The van der Waals surface area contributed by atoms with E-state index in [0.717, 1.165) is 4.57 Å². The Kier molecular flexibility index (Phi) is 4.96. The number of aryl methyl sites for hydroxylation is 1. The second-order valence-corrected chi connectivity index (χ2v) is 5.09. The van der Waals surface area contributed by atoms with Gasteiger partial charge in [-0.2, -0.15) is 0 Å². The zero-order chi connectivity index (χ0) is 17.1. The Labute approximate surface area is 130 Å². The third-order valence-electron chi connectivity index (χ3n) is 3.56. The summed E-state index contributed by atoms with van der Waals surface area (Å²) in [5, 5.41) is 17.9. The summed E-state index contributed by atoms with van der Waals surface area (Å²) in [4.78, 5) is 44.3. The fourth-order valence-electron chi connectivity index (χ4n) is 2.32. The molecule has 0 unspecified atom stereocenters. The molecule has 0 bridgehead atoms. The van der Waals surface area contributed by atoms with Crippen molar-refractivity contribution >= 4 is 17.1 Å². The molecule has 126 valence electrons. The first-order valence-electron chi connectivity index (χ1n) is 7.04. The summed E-state index contributed by atoms with van der Waals surface area (Å²) in [5.74, 6) is -0.113.